The monoisotopic (exact) mass is 380 g/mol. The molecule has 5 nitrogen and oxygen atoms in total. The smallest absolute Gasteiger partial charge is 0.305 e. The second-order valence-electron chi connectivity index (χ2n) is 7.83. The second kappa shape index (κ2) is 12.1. The first-order valence-electron chi connectivity index (χ1n) is 10.1. The van der Waals surface area contributed by atoms with Gasteiger partial charge in [-0.25, -0.2) is 0 Å². The third-order valence-corrected chi connectivity index (χ3v) is 5.25. The maximum absolute atomic E-state index is 12.2. The molecule has 27 heavy (non-hydrogen) atoms. The van der Waals surface area contributed by atoms with Crippen LogP contribution in [0, 0.1) is 11.8 Å². The van der Waals surface area contributed by atoms with Gasteiger partial charge in [-0.3, -0.25) is 9.59 Å². The third kappa shape index (κ3) is 8.85. The molecular formula is C22H36O5. The van der Waals surface area contributed by atoms with E-state index in [0.717, 1.165) is 32.1 Å². The molecule has 0 heterocycles. The van der Waals surface area contributed by atoms with Crippen molar-refractivity contribution < 1.29 is 24.5 Å². The highest BCUT2D eigenvalue weighted by atomic mass is 16.5. The fourth-order valence-electron chi connectivity index (χ4n) is 3.49. The van der Waals surface area contributed by atoms with Gasteiger partial charge in [-0.2, -0.15) is 0 Å². The second-order valence-corrected chi connectivity index (χ2v) is 7.83. The van der Waals surface area contributed by atoms with E-state index < -0.39 is 11.7 Å². The van der Waals surface area contributed by atoms with Crippen LogP contribution >= 0.6 is 0 Å². The molecule has 1 aliphatic rings. The van der Waals surface area contributed by atoms with Crippen LogP contribution in [-0.2, 0) is 14.3 Å². The Morgan fingerprint density at radius 3 is 2.70 bits per heavy atom. The molecule has 1 rings (SSSR count). The number of methoxy groups -OCH3 is 1. The number of Topliss-reactive ketones (excluding diaryl/α,β-unsaturated/α-hetero) is 1. The van der Waals surface area contributed by atoms with Gasteiger partial charge in [0.2, 0.25) is 0 Å². The lowest BCUT2D eigenvalue weighted by Crippen LogP contribution is -2.23. The Morgan fingerprint density at radius 1 is 1.30 bits per heavy atom. The van der Waals surface area contributed by atoms with Gasteiger partial charge in [-0.05, 0) is 39.0 Å². The normalized spacial score (nSPS) is 25.4. The van der Waals surface area contributed by atoms with Gasteiger partial charge < -0.3 is 14.9 Å². The number of ether oxygens (including phenoxy) is 1. The number of rotatable bonds is 12. The summed E-state index contributed by atoms with van der Waals surface area (Å²) in [5.74, 6) is -0.528. The summed E-state index contributed by atoms with van der Waals surface area (Å²) < 4.78 is 4.60. The quantitative estimate of drug-likeness (QED) is 0.306. The minimum absolute atomic E-state index is 0.0918. The van der Waals surface area contributed by atoms with Crippen LogP contribution in [-0.4, -0.2) is 40.8 Å². The van der Waals surface area contributed by atoms with Crippen molar-refractivity contribution in [3.63, 3.8) is 0 Å². The molecule has 0 bridgehead atoms. The number of carbonyl (C=O) groups is 2. The van der Waals surface area contributed by atoms with Crippen molar-refractivity contribution in [2.75, 3.05) is 7.11 Å². The standard InChI is InChI=1S/C22H36O5/c1-4-5-14-22(2,26)15-10-12-18-17(19(23)16-20(18)24)11-8-6-7-9-13-21(25)27-3/h6,8,10,12,17-18,20,24,26H,4-5,7,9,11,13-16H2,1-3H3/b8-6-,12-10+/t17-,18-,20-,22+/m1/s1. The summed E-state index contributed by atoms with van der Waals surface area (Å²) >= 11 is 0. The molecule has 2 N–H and O–H groups in total. The van der Waals surface area contributed by atoms with Crippen LogP contribution in [0.15, 0.2) is 24.3 Å². The maximum Gasteiger partial charge on any atom is 0.305 e. The molecule has 0 spiro atoms. The Morgan fingerprint density at radius 2 is 2.04 bits per heavy atom. The molecule has 0 saturated heterocycles. The number of hydrogen-bond donors (Lipinski definition) is 2. The highest BCUT2D eigenvalue weighted by Gasteiger charge is 2.39. The van der Waals surface area contributed by atoms with Crippen molar-refractivity contribution in [1.82, 2.24) is 0 Å². The molecule has 0 aromatic carbocycles. The Balaban J connectivity index is 2.51. The van der Waals surface area contributed by atoms with E-state index in [0.29, 0.717) is 19.3 Å². The van der Waals surface area contributed by atoms with Gasteiger partial charge in [0.15, 0.2) is 0 Å². The van der Waals surface area contributed by atoms with Crippen molar-refractivity contribution >= 4 is 11.8 Å². The van der Waals surface area contributed by atoms with Crippen molar-refractivity contribution in [3.05, 3.63) is 24.3 Å². The fraction of sp³-hybridized carbons (Fsp3) is 0.727. The lowest BCUT2D eigenvalue weighted by atomic mass is 9.89. The van der Waals surface area contributed by atoms with Gasteiger partial charge in [0.1, 0.15) is 5.78 Å². The minimum Gasteiger partial charge on any atom is -0.469 e. The van der Waals surface area contributed by atoms with Gasteiger partial charge in [-0.15, -0.1) is 0 Å². The Hall–Kier alpha value is -1.46. The molecule has 5 heteroatoms. The van der Waals surface area contributed by atoms with E-state index in [1.54, 1.807) is 0 Å². The lowest BCUT2D eigenvalue weighted by Gasteiger charge is -2.22. The predicted octanol–water partition coefficient (Wildman–Crippen LogP) is 3.73. The predicted molar refractivity (Wildman–Crippen MR) is 106 cm³/mol. The fourth-order valence-corrected chi connectivity index (χ4v) is 3.49. The molecule has 0 aromatic heterocycles. The first-order valence-corrected chi connectivity index (χ1v) is 10.1. The summed E-state index contributed by atoms with van der Waals surface area (Å²) in [6.07, 6.45) is 13.1. The summed E-state index contributed by atoms with van der Waals surface area (Å²) in [5.41, 5.74) is -0.741. The number of allylic oxidation sites excluding steroid dienone is 2. The summed E-state index contributed by atoms with van der Waals surface area (Å²) in [5, 5.41) is 20.6. The van der Waals surface area contributed by atoms with Crippen LogP contribution in [0.25, 0.3) is 0 Å². The molecular weight excluding hydrogens is 344 g/mol. The van der Waals surface area contributed by atoms with Gasteiger partial charge in [0.05, 0.1) is 18.8 Å². The van der Waals surface area contributed by atoms with E-state index in [9.17, 15) is 19.8 Å². The van der Waals surface area contributed by atoms with E-state index >= 15 is 0 Å². The largest absolute Gasteiger partial charge is 0.469 e. The van der Waals surface area contributed by atoms with Gasteiger partial charge >= 0.3 is 5.97 Å². The molecule has 0 aliphatic heterocycles. The molecule has 1 fully saturated rings. The van der Waals surface area contributed by atoms with E-state index in [1.165, 1.54) is 7.11 Å². The number of hydrogen-bond acceptors (Lipinski definition) is 5. The number of aliphatic hydroxyl groups excluding tert-OH is 1. The minimum atomic E-state index is -0.741. The topological polar surface area (TPSA) is 83.8 Å². The Labute approximate surface area is 163 Å². The van der Waals surface area contributed by atoms with E-state index in [1.807, 2.05) is 31.2 Å². The van der Waals surface area contributed by atoms with Crippen LogP contribution < -0.4 is 0 Å². The summed E-state index contributed by atoms with van der Waals surface area (Å²) in [4.78, 5) is 23.3. The molecule has 0 unspecified atom stereocenters. The zero-order valence-corrected chi connectivity index (χ0v) is 17.0. The molecule has 4 atom stereocenters. The number of unbranched alkanes of at least 4 members (excludes halogenated alkanes) is 2. The number of esters is 1. The maximum atomic E-state index is 12.2. The highest BCUT2D eigenvalue weighted by Crippen LogP contribution is 2.33. The number of carbonyl (C=O) groups excluding carboxylic acids is 2. The molecule has 0 radical (unpaired) electrons. The first kappa shape index (κ1) is 23.6. The van der Waals surface area contributed by atoms with Crippen molar-refractivity contribution in [2.45, 2.75) is 83.3 Å². The van der Waals surface area contributed by atoms with Crippen molar-refractivity contribution in [1.29, 1.82) is 0 Å². The molecule has 1 saturated carbocycles. The van der Waals surface area contributed by atoms with Gasteiger partial charge in [-0.1, -0.05) is 44.1 Å². The van der Waals surface area contributed by atoms with E-state index in [2.05, 4.69) is 11.7 Å². The number of ketones is 1. The summed E-state index contributed by atoms with van der Waals surface area (Å²) in [6, 6.07) is 0. The summed E-state index contributed by atoms with van der Waals surface area (Å²) in [7, 11) is 1.38. The number of aliphatic hydroxyl groups is 2. The Kier molecular flexibility index (Phi) is 10.6. The van der Waals surface area contributed by atoms with Gasteiger partial charge in [0.25, 0.3) is 0 Å². The SMILES string of the molecule is CCCC[C@](C)(O)C/C=C/[C@H]1[C@H](O)CC(=O)[C@@H]1C/C=C\CCCC(=O)OC. The van der Waals surface area contributed by atoms with E-state index in [4.69, 9.17) is 0 Å². The van der Waals surface area contributed by atoms with Crippen LogP contribution in [0.4, 0.5) is 0 Å². The van der Waals surface area contributed by atoms with Crippen LogP contribution in [0.2, 0.25) is 0 Å². The van der Waals surface area contributed by atoms with Crippen molar-refractivity contribution in [3.8, 4) is 0 Å². The zero-order chi connectivity index (χ0) is 20.3. The van der Waals surface area contributed by atoms with Crippen LogP contribution in [0.3, 0.4) is 0 Å². The van der Waals surface area contributed by atoms with Crippen LogP contribution in [0.5, 0.6) is 0 Å². The average Bonchev–Trinajstić information content (AvgIpc) is 2.89. The average molecular weight is 381 g/mol. The Bertz CT molecular complexity index is 521. The lowest BCUT2D eigenvalue weighted by molar-refractivity contribution is -0.140. The summed E-state index contributed by atoms with van der Waals surface area (Å²) in [6.45, 7) is 3.93. The van der Waals surface area contributed by atoms with E-state index in [-0.39, 0.29) is 30.0 Å². The molecule has 154 valence electrons. The molecule has 1 aliphatic carbocycles. The molecule has 0 aromatic rings. The molecule has 0 amide bonds. The third-order valence-electron chi connectivity index (χ3n) is 5.25. The highest BCUT2D eigenvalue weighted by molar-refractivity contribution is 5.84. The van der Waals surface area contributed by atoms with Gasteiger partial charge in [0, 0.05) is 24.7 Å². The van der Waals surface area contributed by atoms with Crippen LogP contribution in [0.1, 0.15) is 71.6 Å². The first-order chi connectivity index (χ1) is 12.8. The van der Waals surface area contributed by atoms with Crippen molar-refractivity contribution in [2.24, 2.45) is 11.8 Å². The zero-order valence-electron chi connectivity index (χ0n) is 17.0.